The monoisotopic (exact) mass is 588 g/mol. The van der Waals surface area contributed by atoms with Crippen LogP contribution >= 0.6 is 0 Å². The zero-order valence-corrected chi connectivity index (χ0v) is 22.1. The molecule has 220 valence electrons. The number of hydrogen-bond acceptors (Lipinski definition) is 10. The Kier molecular flexibility index (Phi) is 9.00. The summed E-state index contributed by atoms with van der Waals surface area (Å²) in [6, 6.07) is 14.4. The Morgan fingerprint density at radius 1 is 0.767 bits per heavy atom. The minimum atomic E-state index is -1.53. The van der Waals surface area contributed by atoms with E-state index in [9.17, 15) is 44.1 Å². The van der Waals surface area contributed by atoms with Crippen LogP contribution in [0.15, 0.2) is 77.6 Å². The lowest BCUT2D eigenvalue weighted by Crippen LogP contribution is -2.52. The molecule has 1 atom stereocenters. The third-order valence-corrected chi connectivity index (χ3v) is 6.13. The van der Waals surface area contributed by atoms with Crippen LogP contribution in [0, 0.1) is 0 Å². The number of benzene rings is 3. The summed E-state index contributed by atoms with van der Waals surface area (Å²) in [7, 11) is 0. The largest absolute Gasteiger partial charge is 0.507 e. The van der Waals surface area contributed by atoms with Crippen LogP contribution in [0.3, 0.4) is 0 Å². The van der Waals surface area contributed by atoms with Gasteiger partial charge in [0.25, 0.3) is 17.7 Å². The van der Waals surface area contributed by atoms with E-state index < -0.39 is 59.7 Å². The highest BCUT2D eigenvalue weighted by atomic mass is 16.6. The number of fused-ring (bicyclic) bond motifs is 1. The van der Waals surface area contributed by atoms with Gasteiger partial charge < -0.3 is 30.4 Å². The lowest BCUT2D eigenvalue weighted by molar-refractivity contribution is -0.138. The van der Waals surface area contributed by atoms with Gasteiger partial charge >= 0.3 is 11.9 Å². The van der Waals surface area contributed by atoms with Gasteiger partial charge in [-0.3, -0.25) is 34.8 Å². The molecule has 4 aromatic rings. The predicted octanol–water partition coefficient (Wildman–Crippen LogP) is 1.37. The number of H-pyrrole nitrogens is 1. The lowest BCUT2D eigenvalue weighted by Gasteiger charge is -2.19. The van der Waals surface area contributed by atoms with Crippen molar-refractivity contribution < 1.29 is 44.0 Å². The highest BCUT2D eigenvalue weighted by Gasteiger charge is 2.26. The quantitative estimate of drug-likeness (QED) is 0.0889. The van der Waals surface area contributed by atoms with E-state index in [1.54, 1.807) is 0 Å². The number of carbonyl (C=O) groups is 5. The second kappa shape index (κ2) is 13.0. The maximum atomic E-state index is 13.1. The van der Waals surface area contributed by atoms with Gasteiger partial charge in [-0.15, -0.1) is 0 Å². The number of aromatic nitrogens is 1. The molecule has 0 aliphatic heterocycles. The number of hydrazine groups is 1. The van der Waals surface area contributed by atoms with E-state index in [2.05, 4.69) is 21.2 Å². The number of phenols is 3. The molecule has 1 heterocycles. The molecule has 0 saturated heterocycles. The Balaban J connectivity index is 1.50. The van der Waals surface area contributed by atoms with Crippen molar-refractivity contribution in [2.75, 3.05) is 0 Å². The zero-order valence-electron chi connectivity index (χ0n) is 22.1. The Labute approximate surface area is 241 Å². The van der Waals surface area contributed by atoms with Crippen LogP contribution in [-0.4, -0.2) is 56.0 Å². The number of para-hydroxylation sites is 3. The molecule has 7 N–H and O–H groups in total. The number of aromatic amines is 1. The van der Waals surface area contributed by atoms with Gasteiger partial charge in [0, 0.05) is 17.9 Å². The molecule has 0 aliphatic carbocycles. The molecule has 0 fully saturated rings. The Morgan fingerprint density at radius 3 is 2.07 bits per heavy atom. The molecule has 0 saturated carbocycles. The van der Waals surface area contributed by atoms with Crippen molar-refractivity contribution in [2.45, 2.75) is 18.9 Å². The molecule has 0 radical (unpaired) electrons. The van der Waals surface area contributed by atoms with Crippen molar-refractivity contribution in [3.8, 4) is 17.2 Å². The topological polar surface area (TPSA) is 224 Å². The van der Waals surface area contributed by atoms with Gasteiger partial charge in [-0.05, 0) is 42.8 Å². The molecule has 4 rings (SSSR count). The molecule has 1 aromatic heterocycles. The standard InChI is InChI=1S/C29H24N4O10/c34-20-9-3-1-6-16(20)26(39)32-33-28(41)18(12-13-24(38)43-29(42)17-7-2-4-10-21(17)35)31-27(40)19-14-23(37)15-8-5-11-22(36)25(15)30-19/h1-11,14,18,34-36H,12-13H2,(H,30,37)(H,31,40)(H,32,39)(H,33,41)/t18-/m0/s1. The highest BCUT2D eigenvalue weighted by molar-refractivity contribution is 6.01. The van der Waals surface area contributed by atoms with Gasteiger partial charge in [-0.2, -0.15) is 0 Å². The fourth-order valence-corrected chi connectivity index (χ4v) is 3.94. The minimum absolute atomic E-state index is 0.0256. The molecule has 43 heavy (non-hydrogen) atoms. The van der Waals surface area contributed by atoms with Gasteiger partial charge in [0.15, 0.2) is 5.43 Å². The Bertz CT molecular complexity index is 1800. The van der Waals surface area contributed by atoms with E-state index in [1.165, 1.54) is 66.7 Å². The summed E-state index contributed by atoms with van der Waals surface area (Å²) in [6.07, 6.45) is -1.03. The van der Waals surface area contributed by atoms with Gasteiger partial charge in [-0.1, -0.05) is 30.3 Å². The zero-order chi connectivity index (χ0) is 31.1. The van der Waals surface area contributed by atoms with E-state index in [0.29, 0.717) is 0 Å². The summed E-state index contributed by atoms with van der Waals surface area (Å²) in [5.74, 6) is -6.20. The number of nitrogens with one attached hydrogen (secondary N) is 4. The summed E-state index contributed by atoms with van der Waals surface area (Å²) in [5, 5.41) is 32.2. The summed E-state index contributed by atoms with van der Waals surface area (Å²) < 4.78 is 4.73. The number of esters is 2. The summed E-state index contributed by atoms with van der Waals surface area (Å²) in [5.41, 5.74) is 2.78. The average Bonchev–Trinajstić information content (AvgIpc) is 2.98. The first-order valence-corrected chi connectivity index (χ1v) is 12.6. The Hall–Kier alpha value is -6.18. The second-order valence-electron chi connectivity index (χ2n) is 9.05. The number of carbonyl (C=O) groups excluding carboxylic acids is 5. The fraction of sp³-hybridized carbons (Fsp3) is 0.103. The van der Waals surface area contributed by atoms with Crippen LogP contribution in [0.2, 0.25) is 0 Å². The number of amides is 3. The number of hydrogen-bond donors (Lipinski definition) is 7. The average molecular weight is 589 g/mol. The van der Waals surface area contributed by atoms with Gasteiger partial charge in [0.05, 0.1) is 11.1 Å². The molecule has 0 unspecified atom stereocenters. The van der Waals surface area contributed by atoms with Gasteiger partial charge in [0.1, 0.15) is 34.5 Å². The van der Waals surface area contributed by atoms with Crippen LogP contribution < -0.4 is 21.6 Å². The third kappa shape index (κ3) is 7.13. The number of aromatic hydroxyl groups is 3. The van der Waals surface area contributed by atoms with Crippen LogP contribution in [-0.2, 0) is 14.3 Å². The fourth-order valence-electron chi connectivity index (χ4n) is 3.94. The van der Waals surface area contributed by atoms with E-state index in [-0.39, 0.29) is 39.2 Å². The first-order valence-electron chi connectivity index (χ1n) is 12.6. The Morgan fingerprint density at radius 2 is 1.40 bits per heavy atom. The highest BCUT2D eigenvalue weighted by Crippen LogP contribution is 2.20. The van der Waals surface area contributed by atoms with Gasteiger partial charge in [0.2, 0.25) is 0 Å². The van der Waals surface area contributed by atoms with Crippen molar-refractivity contribution in [2.24, 2.45) is 0 Å². The smallest absolute Gasteiger partial charge is 0.349 e. The van der Waals surface area contributed by atoms with Gasteiger partial charge in [-0.25, -0.2) is 4.79 Å². The SMILES string of the molecule is O=C(CC[C@H](NC(=O)c1cc(=O)c2cccc(O)c2[nH]1)C(=O)NNC(=O)c1ccccc1O)OC(=O)c1ccccc1O. The molecular formula is C29H24N4O10. The molecular weight excluding hydrogens is 564 g/mol. The first-order chi connectivity index (χ1) is 20.5. The van der Waals surface area contributed by atoms with Crippen LogP contribution in [0.1, 0.15) is 44.0 Å². The lowest BCUT2D eigenvalue weighted by atomic mass is 10.1. The summed E-state index contributed by atoms with van der Waals surface area (Å²) >= 11 is 0. The van der Waals surface area contributed by atoms with Crippen molar-refractivity contribution in [1.82, 2.24) is 21.2 Å². The molecule has 0 aliphatic rings. The van der Waals surface area contributed by atoms with Crippen LogP contribution in [0.5, 0.6) is 17.2 Å². The molecule has 14 heteroatoms. The summed E-state index contributed by atoms with van der Waals surface area (Å²) in [6.45, 7) is 0. The third-order valence-electron chi connectivity index (χ3n) is 6.13. The molecule has 0 bridgehead atoms. The number of ether oxygens (including phenoxy) is 1. The van der Waals surface area contributed by atoms with E-state index in [0.717, 1.165) is 6.07 Å². The molecule has 14 nitrogen and oxygen atoms in total. The first kappa shape index (κ1) is 29.8. The van der Waals surface area contributed by atoms with E-state index in [4.69, 9.17) is 4.74 Å². The minimum Gasteiger partial charge on any atom is -0.507 e. The van der Waals surface area contributed by atoms with Crippen LogP contribution in [0.25, 0.3) is 10.9 Å². The second-order valence-corrected chi connectivity index (χ2v) is 9.05. The summed E-state index contributed by atoms with van der Waals surface area (Å²) in [4.78, 5) is 78.2. The normalized spacial score (nSPS) is 11.3. The molecule has 3 aromatic carbocycles. The predicted molar refractivity (Wildman–Crippen MR) is 149 cm³/mol. The number of rotatable bonds is 8. The van der Waals surface area contributed by atoms with E-state index in [1.807, 2.05) is 0 Å². The maximum Gasteiger partial charge on any atom is 0.349 e. The number of pyridine rings is 1. The van der Waals surface area contributed by atoms with Crippen molar-refractivity contribution in [3.05, 3.63) is 99.8 Å². The maximum absolute atomic E-state index is 13.1. The number of phenolic OH excluding ortho intramolecular Hbond substituents is 3. The van der Waals surface area contributed by atoms with E-state index >= 15 is 0 Å². The van der Waals surface area contributed by atoms with Crippen LogP contribution in [0.4, 0.5) is 0 Å². The van der Waals surface area contributed by atoms with Crippen molar-refractivity contribution in [1.29, 1.82) is 0 Å². The van der Waals surface area contributed by atoms with Crippen molar-refractivity contribution >= 4 is 40.6 Å². The molecule has 3 amide bonds. The van der Waals surface area contributed by atoms with Crippen molar-refractivity contribution in [3.63, 3.8) is 0 Å². The molecule has 0 spiro atoms.